The molecule has 2 aromatic rings. The summed E-state index contributed by atoms with van der Waals surface area (Å²) in [5.41, 5.74) is -0.492. The number of hydrogen-bond donors (Lipinski definition) is 1. The number of nitrogens with zero attached hydrogens (tertiary/aromatic N) is 2. The SMILES string of the molecule is C[C@@H](OC(=O)c1ccc2c(c1)C(=O)N(c1ccccc1Cl)C2=O)C(=O)NC1(C#N)CCCCC1. The summed E-state index contributed by atoms with van der Waals surface area (Å²) in [7, 11) is 0. The minimum absolute atomic E-state index is 0.0215. The van der Waals surface area contributed by atoms with Crippen LogP contribution in [0.5, 0.6) is 0 Å². The second-order valence-corrected chi connectivity index (χ2v) is 8.86. The zero-order chi connectivity index (χ0) is 24.5. The lowest BCUT2D eigenvalue weighted by Gasteiger charge is -2.32. The summed E-state index contributed by atoms with van der Waals surface area (Å²) in [6.45, 7) is 1.42. The maximum atomic E-state index is 13.0. The molecule has 9 heteroatoms. The van der Waals surface area contributed by atoms with Crippen LogP contribution in [0.4, 0.5) is 5.69 Å². The molecule has 174 valence electrons. The lowest BCUT2D eigenvalue weighted by molar-refractivity contribution is -0.130. The van der Waals surface area contributed by atoms with Crippen molar-refractivity contribution in [2.75, 3.05) is 4.90 Å². The largest absolute Gasteiger partial charge is 0.449 e. The highest BCUT2D eigenvalue weighted by molar-refractivity contribution is 6.39. The maximum Gasteiger partial charge on any atom is 0.338 e. The molecule has 0 saturated heterocycles. The highest BCUT2D eigenvalue weighted by atomic mass is 35.5. The minimum Gasteiger partial charge on any atom is -0.449 e. The monoisotopic (exact) mass is 479 g/mol. The van der Waals surface area contributed by atoms with Gasteiger partial charge in [0, 0.05) is 0 Å². The van der Waals surface area contributed by atoms with Gasteiger partial charge in [0.2, 0.25) is 0 Å². The number of fused-ring (bicyclic) bond motifs is 1. The second kappa shape index (κ2) is 9.27. The Morgan fingerprint density at radius 1 is 1.09 bits per heavy atom. The summed E-state index contributed by atoms with van der Waals surface area (Å²) >= 11 is 6.16. The van der Waals surface area contributed by atoms with Crippen LogP contribution in [-0.2, 0) is 9.53 Å². The van der Waals surface area contributed by atoms with E-state index in [9.17, 15) is 24.4 Å². The first-order valence-electron chi connectivity index (χ1n) is 11.0. The summed E-state index contributed by atoms with van der Waals surface area (Å²) in [5, 5.41) is 12.5. The van der Waals surface area contributed by atoms with Crippen LogP contribution >= 0.6 is 11.6 Å². The third-order valence-electron chi connectivity index (χ3n) is 6.15. The molecule has 1 atom stereocenters. The summed E-state index contributed by atoms with van der Waals surface area (Å²) < 4.78 is 5.29. The predicted molar refractivity (Wildman–Crippen MR) is 123 cm³/mol. The number of nitriles is 1. The van der Waals surface area contributed by atoms with Crippen molar-refractivity contribution in [1.29, 1.82) is 5.26 Å². The van der Waals surface area contributed by atoms with E-state index in [1.54, 1.807) is 24.3 Å². The van der Waals surface area contributed by atoms with E-state index in [1.165, 1.54) is 25.1 Å². The van der Waals surface area contributed by atoms with E-state index in [0.29, 0.717) is 12.8 Å². The van der Waals surface area contributed by atoms with E-state index in [1.807, 2.05) is 0 Å². The molecule has 0 radical (unpaired) electrons. The van der Waals surface area contributed by atoms with Crippen molar-refractivity contribution in [1.82, 2.24) is 5.32 Å². The number of rotatable bonds is 5. The molecule has 1 aliphatic heterocycles. The van der Waals surface area contributed by atoms with Gasteiger partial charge >= 0.3 is 5.97 Å². The van der Waals surface area contributed by atoms with Gasteiger partial charge in [-0.15, -0.1) is 0 Å². The first kappa shape index (κ1) is 23.5. The van der Waals surface area contributed by atoms with E-state index in [2.05, 4.69) is 11.4 Å². The third-order valence-corrected chi connectivity index (χ3v) is 6.47. The molecular weight excluding hydrogens is 458 g/mol. The fourth-order valence-electron chi connectivity index (χ4n) is 4.26. The topological polar surface area (TPSA) is 117 Å². The van der Waals surface area contributed by atoms with E-state index >= 15 is 0 Å². The van der Waals surface area contributed by atoms with Crippen LogP contribution in [0.2, 0.25) is 5.02 Å². The van der Waals surface area contributed by atoms with E-state index in [0.717, 1.165) is 24.2 Å². The average molecular weight is 480 g/mol. The number of hydrogen-bond acceptors (Lipinski definition) is 6. The summed E-state index contributed by atoms with van der Waals surface area (Å²) in [6, 6.07) is 12.7. The summed E-state index contributed by atoms with van der Waals surface area (Å²) in [6.07, 6.45) is 2.66. The molecule has 0 bridgehead atoms. The molecule has 1 heterocycles. The molecule has 0 aromatic heterocycles. The van der Waals surface area contributed by atoms with Crippen LogP contribution in [-0.4, -0.2) is 35.3 Å². The first-order valence-corrected chi connectivity index (χ1v) is 11.4. The van der Waals surface area contributed by atoms with Gasteiger partial charge in [0.05, 0.1) is 33.5 Å². The van der Waals surface area contributed by atoms with Crippen LogP contribution < -0.4 is 10.2 Å². The number of para-hydroxylation sites is 1. The number of anilines is 1. The number of halogens is 1. The van der Waals surface area contributed by atoms with E-state index in [-0.39, 0.29) is 27.4 Å². The van der Waals surface area contributed by atoms with Crippen LogP contribution in [0.1, 0.15) is 70.1 Å². The van der Waals surface area contributed by atoms with Gasteiger partial charge in [-0.3, -0.25) is 14.4 Å². The van der Waals surface area contributed by atoms with Gasteiger partial charge in [0.1, 0.15) is 5.54 Å². The van der Waals surface area contributed by atoms with Crippen molar-refractivity contribution >= 4 is 41.0 Å². The van der Waals surface area contributed by atoms with Gasteiger partial charge in [0.15, 0.2) is 6.10 Å². The van der Waals surface area contributed by atoms with Gasteiger partial charge in [-0.1, -0.05) is 43.0 Å². The van der Waals surface area contributed by atoms with Gasteiger partial charge in [0.25, 0.3) is 17.7 Å². The molecule has 2 aliphatic rings. The first-order chi connectivity index (χ1) is 16.3. The number of esters is 1. The number of amides is 3. The van der Waals surface area contributed by atoms with Crippen molar-refractivity contribution in [3.63, 3.8) is 0 Å². The summed E-state index contributed by atoms with van der Waals surface area (Å²) in [4.78, 5) is 52.0. The number of carbonyl (C=O) groups excluding carboxylic acids is 4. The Hall–Kier alpha value is -3.70. The Labute approximate surface area is 201 Å². The number of imide groups is 1. The van der Waals surface area contributed by atoms with Crippen LogP contribution in [0.25, 0.3) is 0 Å². The molecule has 3 amide bonds. The quantitative estimate of drug-likeness (QED) is 0.511. The molecule has 34 heavy (non-hydrogen) atoms. The zero-order valence-corrected chi connectivity index (χ0v) is 19.2. The molecule has 2 aromatic carbocycles. The predicted octanol–water partition coefficient (Wildman–Crippen LogP) is 4.03. The lowest BCUT2D eigenvalue weighted by atomic mass is 9.83. The Morgan fingerprint density at radius 3 is 2.44 bits per heavy atom. The van der Waals surface area contributed by atoms with Crippen LogP contribution in [0, 0.1) is 11.3 Å². The second-order valence-electron chi connectivity index (χ2n) is 8.45. The summed E-state index contributed by atoms with van der Waals surface area (Å²) in [5.74, 6) is -2.54. The number of ether oxygens (including phenoxy) is 1. The molecule has 0 unspecified atom stereocenters. The third kappa shape index (κ3) is 4.27. The fraction of sp³-hybridized carbons (Fsp3) is 0.320. The Bertz CT molecular complexity index is 1230. The lowest BCUT2D eigenvalue weighted by Crippen LogP contribution is -2.52. The van der Waals surface area contributed by atoms with Crippen LogP contribution in [0.15, 0.2) is 42.5 Å². The van der Waals surface area contributed by atoms with E-state index in [4.69, 9.17) is 16.3 Å². The highest BCUT2D eigenvalue weighted by Gasteiger charge is 2.39. The Kier molecular flexibility index (Phi) is 6.40. The Morgan fingerprint density at radius 2 is 1.76 bits per heavy atom. The molecule has 1 saturated carbocycles. The molecule has 8 nitrogen and oxygen atoms in total. The van der Waals surface area contributed by atoms with Crippen molar-refractivity contribution in [3.8, 4) is 6.07 Å². The number of benzene rings is 2. The van der Waals surface area contributed by atoms with Crippen molar-refractivity contribution in [2.24, 2.45) is 0 Å². The smallest absolute Gasteiger partial charge is 0.338 e. The highest BCUT2D eigenvalue weighted by Crippen LogP contribution is 2.33. The standard InChI is InChI=1S/C25H22ClN3O5/c1-15(21(30)28-25(14-27)11-5-2-6-12-25)34-24(33)16-9-10-17-18(13-16)23(32)29(22(17)31)20-8-4-3-7-19(20)26/h3-4,7-10,13,15H,2,5-6,11-12H2,1H3,(H,28,30)/t15-/m1/s1. The molecular formula is C25H22ClN3O5. The van der Waals surface area contributed by atoms with Gasteiger partial charge in [-0.05, 0) is 50.1 Å². The van der Waals surface area contributed by atoms with Gasteiger partial charge in [-0.25, -0.2) is 9.69 Å². The molecule has 4 rings (SSSR count). The fourth-order valence-corrected chi connectivity index (χ4v) is 4.48. The number of carbonyl (C=O) groups is 4. The maximum absolute atomic E-state index is 13.0. The number of nitrogens with one attached hydrogen (secondary N) is 1. The van der Waals surface area contributed by atoms with Crippen molar-refractivity contribution in [2.45, 2.75) is 50.7 Å². The average Bonchev–Trinajstić information content (AvgIpc) is 3.09. The zero-order valence-electron chi connectivity index (χ0n) is 18.5. The normalized spacial score (nSPS) is 17.5. The minimum atomic E-state index is -1.15. The van der Waals surface area contributed by atoms with Gasteiger partial charge in [-0.2, -0.15) is 5.26 Å². The van der Waals surface area contributed by atoms with Gasteiger partial charge < -0.3 is 10.1 Å². The molecule has 1 aliphatic carbocycles. The Balaban J connectivity index is 1.48. The van der Waals surface area contributed by atoms with Crippen molar-refractivity contribution < 1.29 is 23.9 Å². The van der Waals surface area contributed by atoms with Crippen LogP contribution in [0.3, 0.4) is 0 Å². The molecule has 1 fully saturated rings. The van der Waals surface area contributed by atoms with Crippen molar-refractivity contribution in [3.05, 3.63) is 64.2 Å². The molecule has 0 spiro atoms. The molecule has 1 N–H and O–H groups in total. The van der Waals surface area contributed by atoms with E-state index < -0.39 is 35.3 Å².